The predicted molar refractivity (Wildman–Crippen MR) is 104 cm³/mol. The summed E-state index contributed by atoms with van der Waals surface area (Å²) in [5.41, 5.74) is 2.34. The number of amides is 2. The van der Waals surface area contributed by atoms with Gasteiger partial charge in [-0.05, 0) is 31.0 Å². The van der Waals surface area contributed by atoms with Gasteiger partial charge in [0.15, 0.2) is 18.1 Å². The summed E-state index contributed by atoms with van der Waals surface area (Å²) in [7, 11) is 1.55. The van der Waals surface area contributed by atoms with Crippen LogP contribution in [0.2, 0.25) is 0 Å². The molecule has 2 aromatic rings. The van der Waals surface area contributed by atoms with Crippen LogP contribution >= 0.6 is 0 Å². The molecule has 0 aromatic heterocycles. The molecule has 0 unspecified atom stereocenters. The number of benzene rings is 2. The van der Waals surface area contributed by atoms with E-state index in [1.807, 2.05) is 43.3 Å². The minimum atomic E-state index is -0.255. The predicted octanol–water partition coefficient (Wildman–Crippen LogP) is 2.25. The lowest BCUT2D eigenvalue weighted by atomic mass is 10.1. The molecule has 0 heterocycles. The quantitative estimate of drug-likeness (QED) is 0.629. The molecule has 0 fully saturated rings. The Morgan fingerprint density at radius 3 is 2.19 bits per heavy atom. The molecular weight excluding hydrogens is 344 g/mol. The van der Waals surface area contributed by atoms with Gasteiger partial charge < -0.3 is 20.1 Å². The molecular formula is C21H26N2O4. The van der Waals surface area contributed by atoms with E-state index in [1.165, 1.54) is 5.56 Å². The molecule has 27 heavy (non-hydrogen) atoms. The minimum absolute atomic E-state index is 0.0323. The molecule has 0 saturated heterocycles. The highest BCUT2D eigenvalue weighted by Gasteiger charge is 2.07. The first-order valence-electron chi connectivity index (χ1n) is 8.93. The van der Waals surface area contributed by atoms with Gasteiger partial charge in [-0.2, -0.15) is 0 Å². The van der Waals surface area contributed by atoms with Gasteiger partial charge in [-0.25, -0.2) is 0 Å². The van der Waals surface area contributed by atoms with E-state index in [4.69, 9.17) is 9.47 Å². The second-order valence-electron chi connectivity index (χ2n) is 6.13. The number of aryl methyl sites for hydroxylation is 2. The summed E-state index contributed by atoms with van der Waals surface area (Å²) in [5, 5.41) is 5.50. The van der Waals surface area contributed by atoms with E-state index >= 15 is 0 Å². The third-order valence-corrected chi connectivity index (χ3v) is 3.96. The van der Waals surface area contributed by atoms with Crippen LogP contribution in [-0.4, -0.2) is 38.6 Å². The summed E-state index contributed by atoms with van der Waals surface area (Å²) in [6, 6.07) is 15.3. The number of methoxy groups -OCH3 is 1. The van der Waals surface area contributed by atoms with Crippen molar-refractivity contribution in [2.45, 2.75) is 19.8 Å². The number of hydrogen-bond acceptors (Lipinski definition) is 4. The fraction of sp³-hybridized carbons (Fsp3) is 0.333. The minimum Gasteiger partial charge on any atom is -0.493 e. The monoisotopic (exact) mass is 370 g/mol. The zero-order chi connectivity index (χ0) is 19.5. The van der Waals surface area contributed by atoms with Gasteiger partial charge in [0, 0.05) is 19.5 Å². The summed E-state index contributed by atoms with van der Waals surface area (Å²) >= 11 is 0. The van der Waals surface area contributed by atoms with Crippen molar-refractivity contribution >= 4 is 11.8 Å². The first kappa shape index (κ1) is 20.3. The maximum absolute atomic E-state index is 11.8. The highest BCUT2D eigenvalue weighted by atomic mass is 16.5. The molecule has 0 atom stereocenters. The Morgan fingerprint density at radius 1 is 0.889 bits per heavy atom. The molecule has 144 valence electrons. The van der Waals surface area contributed by atoms with Gasteiger partial charge in [0.2, 0.25) is 5.91 Å². The Labute approximate surface area is 159 Å². The van der Waals surface area contributed by atoms with Crippen LogP contribution < -0.4 is 20.1 Å². The van der Waals surface area contributed by atoms with Gasteiger partial charge in [-0.15, -0.1) is 0 Å². The van der Waals surface area contributed by atoms with E-state index in [9.17, 15) is 9.59 Å². The topological polar surface area (TPSA) is 76.7 Å². The van der Waals surface area contributed by atoms with Crippen LogP contribution in [0.4, 0.5) is 0 Å². The van der Waals surface area contributed by atoms with Crippen molar-refractivity contribution in [1.29, 1.82) is 0 Å². The average Bonchev–Trinajstić information content (AvgIpc) is 2.69. The molecule has 0 bridgehead atoms. The summed E-state index contributed by atoms with van der Waals surface area (Å²) < 4.78 is 10.6. The van der Waals surface area contributed by atoms with Crippen molar-refractivity contribution < 1.29 is 19.1 Å². The number of rotatable bonds is 10. The molecule has 2 aromatic carbocycles. The number of hydrogen-bond donors (Lipinski definition) is 2. The number of carbonyl (C=O) groups excluding carboxylic acids is 2. The van der Waals surface area contributed by atoms with Crippen LogP contribution in [-0.2, 0) is 16.0 Å². The van der Waals surface area contributed by atoms with Crippen molar-refractivity contribution in [3.05, 3.63) is 59.7 Å². The van der Waals surface area contributed by atoms with Gasteiger partial charge in [-0.3, -0.25) is 9.59 Å². The van der Waals surface area contributed by atoms with Crippen LogP contribution in [0.5, 0.6) is 11.5 Å². The van der Waals surface area contributed by atoms with Crippen molar-refractivity contribution in [3.63, 3.8) is 0 Å². The number of ether oxygens (including phenoxy) is 2. The molecule has 2 N–H and O–H groups in total. The van der Waals surface area contributed by atoms with E-state index in [0.29, 0.717) is 37.4 Å². The van der Waals surface area contributed by atoms with Crippen LogP contribution in [0.1, 0.15) is 17.5 Å². The van der Waals surface area contributed by atoms with Crippen molar-refractivity contribution in [2.24, 2.45) is 0 Å². The molecule has 6 nitrogen and oxygen atoms in total. The Hall–Kier alpha value is -3.02. The molecule has 0 saturated carbocycles. The second-order valence-corrected chi connectivity index (χ2v) is 6.13. The van der Waals surface area contributed by atoms with E-state index in [0.717, 1.165) is 5.56 Å². The molecule has 0 radical (unpaired) electrons. The van der Waals surface area contributed by atoms with E-state index in [2.05, 4.69) is 10.6 Å². The first-order valence-corrected chi connectivity index (χ1v) is 8.93. The maximum atomic E-state index is 11.8. The largest absolute Gasteiger partial charge is 0.493 e. The Morgan fingerprint density at radius 2 is 1.52 bits per heavy atom. The van der Waals surface area contributed by atoms with Crippen LogP contribution in [0.25, 0.3) is 0 Å². The number of para-hydroxylation sites is 2. The zero-order valence-electron chi connectivity index (χ0n) is 15.8. The Bertz CT molecular complexity index is 744. The molecule has 0 aliphatic heterocycles. The smallest absolute Gasteiger partial charge is 0.258 e. The fourth-order valence-electron chi connectivity index (χ4n) is 2.44. The second kappa shape index (κ2) is 10.9. The van der Waals surface area contributed by atoms with Crippen LogP contribution in [0, 0.1) is 6.92 Å². The average molecular weight is 370 g/mol. The molecule has 0 spiro atoms. The lowest BCUT2D eigenvalue weighted by molar-refractivity contribution is -0.124. The molecule has 2 amide bonds. The third kappa shape index (κ3) is 7.40. The van der Waals surface area contributed by atoms with Gasteiger partial charge in [0.25, 0.3) is 5.91 Å². The molecule has 0 aliphatic rings. The van der Waals surface area contributed by atoms with E-state index in [1.54, 1.807) is 19.2 Å². The number of carbonyl (C=O) groups is 2. The molecule has 0 aliphatic carbocycles. The number of nitrogens with one attached hydrogen (secondary N) is 2. The maximum Gasteiger partial charge on any atom is 0.258 e. The normalized spacial score (nSPS) is 10.1. The van der Waals surface area contributed by atoms with E-state index < -0.39 is 0 Å². The Kier molecular flexibility index (Phi) is 8.16. The van der Waals surface area contributed by atoms with Crippen molar-refractivity contribution in [2.75, 3.05) is 26.8 Å². The third-order valence-electron chi connectivity index (χ3n) is 3.96. The van der Waals surface area contributed by atoms with Crippen LogP contribution in [0.15, 0.2) is 48.5 Å². The Balaban J connectivity index is 1.58. The van der Waals surface area contributed by atoms with Gasteiger partial charge in [0.1, 0.15) is 0 Å². The van der Waals surface area contributed by atoms with Crippen molar-refractivity contribution in [1.82, 2.24) is 10.6 Å². The zero-order valence-corrected chi connectivity index (χ0v) is 15.8. The first-order chi connectivity index (χ1) is 13.1. The summed E-state index contributed by atoms with van der Waals surface area (Å²) in [6.45, 7) is 2.66. The lowest BCUT2D eigenvalue weighted by Gasteiger charge is -2.11. The summed E-state index contributed by atoms with van der Waals surface area (Å²) in [4.78, 5) is 23.7. The molecule has 6 heteroatoms. The van der Waals surface area contributed by atoms with Crippen molar-refractivity contribution in [3.8, 4) is 11.5 Å². The van der Waals surface area contributed by atoms with Gasteiger partial charge >= 0.3 is 0 Å². The lowest BCUT2D eigenvalue weighted by Crippen LogP contribution is -2.36. The van der Waals surface area contributed by atoms with Gasteiger partial charge in [0.05, 0.1) is 7.11 Å². The highest BCUT2D eigenvalue weighted by Crippen LogP contribution is 2.25. The summed E-state index contributed by atoms with van der Waals surface area (Å²) in [5.74, 6) is 0.801. The standard InChI is InChI=1S/C21H26N2O4/c1-16-7-9-17(10-8-16)11-12-20(24)22-13-14-23-21(25)15-27-19-6-4-3-5-18(19)26-2/h3-10H,11-15H2,1-2H3,(H,22,24)(H,23,25). The highest BCUT2D eigenvalue weighted by molar-refractivity contribution is 5.78. The fourth-order valence-corrected chi connectivity index (χ4v) is 2.44. The van der Waals surface area contributed by atoms with Gasteiger partial charge in [-0.1, -0.05) is 42.0 Å². The van der Waals surface area contributed by atoms with Crippen LogP contribution in [0.3, 0.4) is 0 Å². The molecule has 2 rings (SSSR count). The van der Waals surface area contributed by atoms with E-state index in [-0.39, 0.29) is 18.4 Å². The SMILES string of the molecule is COc1ccccc1OCC(=O)NCCNC(=O)CCc1ccc(C)cc1. The summed E-state index contributed by atoms with van der Waals surface area (Å²) in [6.07, 6.45) is 1.12.